The molecular weight excluding hydrogens is 178 g/mol. The number of aliphatic hydroxyl groups is 1. The van der Waals surface area contributed by atoms with Gasteiger partial charge in [-0.2, -0.15) is 0 Å². The second-order valence-corrected chi connectivity index (χ2v) is 4.84. The van der Waals surface area contributed by atoms with Gasteiger partial charge in [-0.15, -0.1) is 0 Å². The second kappa shape index (κ2) is 4.60. The van der Waals surface area contributed by atoms with Crippen LogP contribution in [0.4, 0.5) is 0 Å². The van der Waals surface area contributed by atoms with Gasteiger partial charge >= 0.3 is 0 Å². The molecule has 1 N–H and O–H groups in total. The summed E-state index contributed by atoms with van der Waals surface area (Å²) in [5, 5.41) is 9.33. The molecule has 0 atom stereocenters. The monoisotopic (exact) mass is 199 g/mol. The summed E-state index contributed by atoms with van der Waals surface area (Å²) in [6, 6.07) is 0. The third kappa shape index (κ3) is 2.27. The Morgan fingerprint density at radius 1 is 1.07 bits per heavy atom. The van der Waals surface area contributed by atoms with E-state index >= 15 is 0 Å². The highest BCUT2D eigenvalue weighted by Crippen LogP contribution is 2.28. The number of ether oxygens (including phenoxy) is 1. The molecule has 0 aromatic heterocycles. The highest BCUT2D eigenvalue weighted by atomic mass is 16.5. The quantitative estimate of drug-likeness (QED) is 0.732. The molecular formula is C11H21NO2. The molecule has 0 saturated carbocycles. The fraction of sp³-hybridized carbons (Fsp3) is 1.00. The summed E-state index contributed by atoms with van der Waals surface area (Å²) in [7, 11) is 0. The maximum atomic E-state index is 9.33. The Kier molecular flexibility index (Phi) is 3.42. The maximum absolute atomic E-state index is 9.33. The number of hydrogen-bond acceptors (Lipinski definition) is 3. The smallest absolute Gasteiger partial charge is 0.0579 e. The van der Waals surface area contributed by atoms with Crippen LogP contribution in [0.15, 0.2) is 0 Å². The number of aliphatic hydroxyl groups excluding tert-OH is 1. The van der Waals surface area contributed by atoms with E-state index in [0.29, 0.717) is 0 Å². The zero-order valence-corrected chi connectivity index (χ0v) is 8.87. The standard InChI is InChI=1S/C11H21NO2/c13-8-11(9-14-10-11)7-12-5-3-1-2-4-6-12/h13H,1-10H2. The van der Waals surface area contributed by atoms with Gasteiger partial charge in [0.05, 0.1) is 25.2 Å². The zero-order chi connectivity index (χ0) is 9.86. The van der Waals surface area contributed by atoms with E-state index in [9.17, 15) is 5.11 Å². The molecule has 0 aromatic rings. The third-order valence-electron chi connectivity index (χ3n) is 3.41. The van der Waals surface area contributed by atoms with Crippen LogP contribution in [0.5, 0.6) is 0 Å². The molecule has 2 saturated heterocycles. The molecule has 2 aliphatic heterocycles. The molecule has 2 rings (SSSR count). The summed E-state index contributed by atoms with van der Waals surface area (Å²) in [6.45, 7) is 5.23. The molecule has 0 radical (unpaired) electrons. The Hall–Kier alpha value is -0.120. The molecule has 14 heavy (non-hydrogen) atoms. The fourth-order valence-electron chi connectivity index (χ4n) is 2.39. The van der Waals surface area contributed by atoms with Crippen molar-refractivity contribution in [1.29, 1.82) is 0 Å². The van der Waals surface area contributed by atoms with E-state index in [2.05, 4.69) is 4.90 Å². The van der Waals surface area contributed by atoms with Gasteiger partial charge in [-0.3, -0.25) is 0 Å². The van der Waals surface area contributed by atoms with E-state index < -0.39 is 0 Å². The van der Waals surface area contributed by atoms with E-state index in [1.54, 1.807) is 0 Å². The highest BCUT2D eigenvalue weighted by molar-refractivity contribution is 4.88. The van der Waals surface area contributed by atoms with Crippen LogP contribution in [0, 0.1) is 5.41 Å². The van der Waals surface area contributed by atoms with Gasteiger partial charge in [0.1, 0.15) is 0 Å². The third-order valence-corrected chi connectivity index (χ3v) is 3.41. The first-order chi connectivity index (χ1) is 6.85. The second-order valence-electron chi connectivity index (χ2n) is 4.84. The van der Waals surface area contributed by atoms with E-state index in [4.69, 9.17) is 4.74 Å². The maximum Gasteiger partial charge on any atom is 0.0579 e. The largest absolute Gasteiger partial charge is 0.396 e. The summed E-state index contributed by atoms with van der Waals surface area (Å²) >= 11 is 0. The van der Waals surface area contributed by atoms with Gasteiger partial charge < -0.3 is 14.7 Å². The van der Waals surface area contributed by atoms with Gasteiger partial charge in [0, 0.05) is 6.54 Å². The van der Waals surface area contributed by atoms with Gasteiger partial charge in [-0.1, -0.05) is 12.8 Å². The number of rotatable bonds is 3. The minimum absolute atomic E-state index is 0.0737. The number of hydrogen-bond donors (Lipinski definition) is 1. The van der Waals surface area contributed by atoms with Crippen LogP contribution in [0.25, 0.3) is 0 Å². The average Bonchev–Trinajstić information content (AvgIpc) is 2.39. The summed E-state index contributed by atoms with van der Waals surface area (Å²) in [6.07, 6.45) is 5.39. The van der Waals surface area contributed by atoms with Gasteiger partial charge in [-0.05, 0) is 25.9 Å². The van der Waals surface area contributed by atoms with Crippen molar-refractivity contribution in [2.45, 2.75) is 25.7 Å². The highest BCUT2D eigenvalue weighted by Gasteiger charge is 2.39. The Bertz CT molecular complexity index is 167. The van der Waals surface area contributed by atoms with E-state index in [-0.39, 0.29) is 12.0 Å². The predicted molar refractivity (Wildman–Crippen MR) is 55.2 cm³/mol. The molecule has 0 aliphatic carbocycles. The van der Waals surface area contributed by atoms with Crippen LogP contribution < -0.4 is 0 Å². The van der Waals surface area contributed by atoms with Crippen molar-refractivity contribution >= 4 is 0 Å². The summed E-state index contributed by atoms with van der Waals surface area (Å²) < 4.78 is 5.22. The lowest BCUT2D eigenvalue weighted by Crippen LogP contribution is -2.53. The molecule has 2 aliphatic rings. The van der Waals surface area contributed by atoms with Crippen LogP contribution in [0.2, 0.25) is 0 Å². The summed E-state index contributed by atoms with van der Waals surface area (Å²) in [5.41, 5.74) is 0.0737. The zero-order valence-electron chi connectivity index (χ0n) is 8.87. The number of nitrogens with zero attached hydrogens (tertiary/aromatic N) is 1. The van der Waals surface area contributed by atoms with Gasteiger partial charge in [0.2, 0.25) is 0 Å². The first-order valence-corrected chi connectivity index (χ1v) is 5.76. The van der Waals surface area contributed by atoms with Crippen molar-refractivity contribution in [1.82, 2.24) is 4.90 Å². The Balaban J connectivity index is 1.82. The fourth-order valence-corrected chi connectivity index (χ4v) is 2.39. The molecule has 0 spiro atoms. The van der Waals surface area contributed by atoms with E-state index in [1.165, 1.54) is 38.8 Å². The molecule has 82 valence electrons. The minimum Gasteiger partial charge on any atom is -0.396 e. The van der Waals surface area contributed by atoms with Gasteiger partial charge in [-0.25, -0.2) is 0 Å². The van der Waals surface area contributed by atoms with Gasteiger partial charge in [0.25, 0.3) is 0 Å². The van der Waals surface area contributed by atoms with Crippen molar-refractivity contribution in [3.63, 3.8) is 0 Å². The van der Waals surface area contributed by atoms with Gasteiger partial charge in [0.15, 0.2) is 0 Å². The minimum atomic E-state index is 0.0737. The molecule has 3 heteroatoms. The molecule has 0 aromatic carbocycles. The van der Waals surface area contributed by atoms with Crippen LogP contribution >= 0.6 is 0 Å². The molecule has 3 nitrogen and oxygen atoms in total. The van der Waals surface area contributed by atoms with Crippen molar-refractivity contribution in [2.75, 3.05) is 39.5 Å². The molecule has 0 bridgehead atoms. The first-order valence-electron chi connectivity index (χ1n) is 5.76. The predicted octanol–water partition coefficient (Wildman–Crippen LogP) is 0.871. The SMILES string of the molecule is OCC1(CN2CCCCCC2)COC1. The van der Waals surface area contributed by atoms with Crippen molar-refractivity contribution in [3.05, 3.63) is 0 Å². The van der Waals surface area contributed by atoms with E-state index in [1.807, 2.05) is 0 Å². The summed E-state index contributed by atoms with van der Waals surface area (Å²) in [4.78, 5) is 2.51. The van der Waals surface area contributed by atoms with Crippen molar-refractivity contribution < 1.29 is 9.84 Å². The van der Waals surface area contributed by atoms with Crippen LogP contribution in [0.3, 0.4) is 0 Å². The molecule has 2 fully saturated rings. The Morgan fingerprint density at radius 3 is 2.14 bits per heavy atom. The Labute approximate surface area is 86.0 Å². The van der Waals surface area contributed by atoms with Crippen molar-refractivity contribution in [2.24, 2.45) is 5.41 Å². The molecule has 0 amide bonds. The molecule has 0 unspecified atom stereocenters. The van der Waals surface area contributed by atoms with Crippen LogP contribution in [0.1, 0.15) is 25.7 Å². The lowest BCUT2D eigenvalue weighted by Gasteiger charge is -2.43. The average molecular weight is 199 g/mol. The topological polar surface area (TPSA) is 32.7 Å². The van der Waals surface area contributed by atoms with Crippen molar-refractivity contribution in [3.8, 4) is 0 Å². The Morgan fingerprint density at radius 2 is 1.71 bits per heavy atom. The van der Waals surface area contributed by atoms with Crippen LogP contribution in [-0.4, -0.2) is 49.5 Å². The lowest BCUT2D eigenvalue weighted by molar-refractivity contribution is -0.148. The normalized spacial score (nSPS) is 28.1. The summed E-state index contributed by atoms with van der Waals surface area (Å²) in [5.74, 6) is 0. The van der Waals surface area contributed by atoms with E-state index in [0.717, 1.165) is 19.8 Å². The lowest BCUT2D eigenvalue weighted by atomic mass is 9.86. The number of likely N-dealkylation sites (tertiary alicyclic amines) is 1. The first kappa shape index (κ1) is 10.4. The van der Waals surface area contributed by atoms with Crippen LogP contribution in [-0.2, 0) is 4.74 Å². The molecule has 2 heterocycles.